The van der Waals surface area contributed by atoms with E-state index in [9.17, 15) is 9.90 Å². The topological polar surface area (TPSA) is 65.5 Å². The molecule has 0 bridgehead atoms. The van der Waals surface area contributed by atoms with Crippen LogP contribution in [0, 0.1) is 0 Å². The summed E-state index contributed by atoms with van der Waals surface area (Å²) >= 11 is 11.7. The van der Waals surface area contributed by atoms with Crippen LogP contribution in [0.4, 0.5) is 11.5 Å². The van der Waals surface area contributed by atoms with Crippen LogP contribution in [0.2, 0.25) is 10.2 Å². The third kappa shape index (κ3) is 3.77. The molecule has 0 radical (unpaired) electrons. The van der Waals surface area contributed by atoms with Gasteiger partial charge in [0.1, 0.15) is 16.7 Å². The van der Waals surface area contributed by atoms with Gasteiger partial charge in [-0.15, -0.1) is 0 Å². The molecule has 2 aromatic rings. The maximum Gasteiger partial charge on any atom is 0.256 e. The van der Waals surface area contributed by atoms with Crippen molar-refractivity contribution >= 4 is 40.6 Å². The summed E-state index contributed by atoms with van der Waals surface area (Å²) in [6.45, 7) is 0. The van der Waals surface area contributed by atoms with E-state index in [4.69, 9.17) is 23.2 Å². The molecule has 0 aliphatic heterocycles. The van der Waals surface area contributed by atoms with Crippen LogP contribution in [-0.2, 0) is 0 Å². The van der Waals surface area contributed by atoms with Gasteiger partial charge in [0, 0.05) is 24.7 Å². The lowest BCUT2D eigenvalue weighted by Crippen LogP contribution is -2.15. The highest BCUT2D eigenvalue weighted by molar-refractivity contribution is 6.31. The number of phenolic OH excluding ortho intramolecular Hbond substituents is 1. The highest BCUT2D eigenvalue weighted by atomic mass is 35.5. The van der Waals surface area contributed by atoms with Crippen LogP contribution in [-0.4, -0.2) is 30.1 Å². The van der Waals surface area contributed by atoms with Crippen molar-refractivity contribution < 1.29 is 9.90 Å². The number of nitrogens with zero attached hydrogens (tertiary/aromatic N) is 2. The zero-order valence-corrected chi connectivity index (χ0v) is 12.9. The molecule has 1 heterocycles. The van der Waals surface area contributed by atoms with Crippen molar-refractivity contribution in [3.63, 3.8) is 0 Å². The summed E-state index contributed by atoms with van der Waals surface area (Å²) in [4.78, 5) is 18.1. The van der Waals surface area contributed by atoms with Gasteiger partial charge in [0.25, 0.3) is 5.91 Å². The predicted molar refractivity (Wildman–Crippen MR) is 84.6 cm³/mol. The van der Waals surface area contributed by atoms with Gasteiger partial charge in [-0.05, 0) is 30.3 Å². The van der Waals surface area contributed by atoms with Crippen LogP contribution in [0.25, 0.3) is 0 Å². The second kappa shape index (κ2) is 6.20. The molecule has 0 spiro atoms. The third-order valence-electron chi connectivity index (χ3n) is 2.71. The van der Waals surface area contributed by atoms with Crippen LogP contribution in [0.5, 0.6) is 5.75 Å². The van der Waals surface area contributed by atoms with E-state index in [1.54, 1.807) is 25.1 Å². The molecule has 21 heavy (non-hydrogen) atoms. The number of rotatable bonds is 3. The number of pyridine rings is 1. The van der Waals surface area contributed by atoms with E-state index in [0.29, 0.717) is 16.4 Å². The number of halogens is 2. The minimum Gasteiger partial charge on any atom is -0.506 e. The molecule has 1 aromatic carbocycles. The number of amides is 1. The molecular formula is C14H13Cl2N3O2. The Morgan fingerprint density at radius 2 is 1.95 bits per heavy atom. The standard InChI is InChI=1S/C14H13Cl2N3O2/c1-19(2)13-6-8(5-12(16)18-13)14(21)17-10-7-9(15)3-4-11(10)20/h3-7,20H,1-2H3,(H,17,21). The minimum absolute atomic E-state index is 0.0688. The van der Waals surface area contributed by atoms with Crippen molar-refractivity contribution in [1.29, 1.82) is 0 Å². The monoisotopic (exact) mass is 325 g/mol. The Labute approximate surface area is 132 Å². The number of benzene rings is 1. The Kier molecular flexibility index (Phi) is 4.55. The first-order valence-electron chi connectivity index (χ1n) is 6.01. The van der Waals surface area contributed by atoms with Crippen LogP contribution in [0.15, 0.2) is 30.3 Å². The molecule has 0 atom stereocenters. The Bertz CT molecular complexity index is 690. The number of phenols is 1. The largest absolute Gasteiger partial charge is 0.506 e. The van der Waals surface area contributed by atoms with Crippen molar-refractivity contribution in [2.45, 2.75) is 0 Å². The fourth-order valence-corrected chi connectivity index (χ4v) is 2.02. The zero-order valence-electron chi connectivity index (χ0n) is 11.4. The fourth-order valence-electron chi connectivity index (χ4n) is 1.65. The maximum atomic E-state index is 12.2. The van der Waals surface area contributed by atoms with E-state index in [-0.39, 0.29) is 16.6 Å². The van der Waals surface area contributed by atoms with Gasteiger partial charge in [-0.25, -0.2) is 4.98 Å². The van der Waals surface area contributed by atoms with Crippen molar-refractivity contribution in [3.8, 4) is 5.75 Å². The number of anilines is 2. The van der Waals surface area contributed by atoms with Crippen molar-refractivity contribution in [3.05, 3.63) is 46.1 Å². The van der Waals surface area contributed by atoms with Gasteiger partial charge in [0.15, 0.2) is 0 Å². The normalized spacial score (nSPS) is 10.3. The summed E-state index contributed by atoms with van der Waals surface area (Å²) in [7, 11) is 3.59. The predicted octanol–water partition coefficient (Wildman–Crippen LogP) is 3.41. The number of hydrogen-bond donors (Lipinski definition) is 2. The van der Waals surface area contributed by atoms with Gasteiger partial charge in [-0.1, -0.05) is 23.2 Å². The van der Waals surface area contributed by atoms with E-state index in [1.807, 2.05) is 0 Å². The summed E-state index contributed by atoms with van der Waals surface area (Å²) in [6.07, 6.45) is 0. The van der Waals surface area contributed by atoms with E-state index < -0.39 is 5.91 Å². The molecule has 1 amide bonds. The summed E-state index contributed by atoms with van der Waals surface area (Å²) < 4.78 is 0. The van der Waals surface area contributed by atoms with Crippen LogP contribution >= 0.6 is 23.2 Å². The molecule has 2 rings (SSSR count). The minimum atomic E-state index is -0.417. The Balaban J connectivity index is 2.30. The molecular weight excluding hydrogens is 313 g/mol. The average Bonchev–Trinajstić information content (AvgIpc) is 2.42. The number of carbonyl (C=O) groups is 1. The molecule has 7 heteroatoms. The molecule has 0 aliphatic rings. The number of nitrogens with one attached hydrogen (secondary N) is 1. The first-order valence-corrected chi connectivity index (χ1v) is 6.77. The van der Waals surface area contributed by atoms with Crippen LogP contribution in [0.1, 0.15) is 10.4 Å². The summed E-state index contributed by atoms with van der Waals surface area (Å²) in [5.41, 5.74) is 0.560. The summed E-state index contributed by atoms with van der Waals surface area (Å²) in [6, 6.07) is 7.45. The third-order valence-corrected chi connectivity index (χ3v) is 3.14. The molecule has 5 nitrogen and oxygen atoms in total. The lowest BCUT2D eigenvalue weighted by molar-refractivity contribution is 0.102. The molecule has 2 N–H and O–H groups in total. The van der Waals surface area contributed by atoms with Gasteiger partial charge in [0.05, 0.1) is 5.69 Å². The van der Waals surface area contributed by atoms with Gasteiger partial charge in [0.2, 0.25) is 0 Å². The number of aromatic nitrogens is 1. The van der Waals surface area contributed by atoms with Gasteiger partial charge in [-0.3, -0.25) is 4.79 Å². The quantitative estimate of drug-likeness (QED) is 0.670. The second-order valence-corrected chi connectivity index (χ2v) is 5.37. The maximum absolute atomic E-state index is 12.2. The fraction of sp³-hybridized carbons (Fsp3) is 0.143. The van der Waals surface area contributed by atoms with Gasteiger partial charge >= 0.3 is 0 Å². The average molecular weight is 326 g/mol. The summed E-state index contributed by atoms with van der Waals surface area (Å²) in [5, 5.41) is 12.9. The Hall–Kier alpha value is -1.98. The van der Waals surface area contributed by atoms with Crippen molar-refractivity contribution in [2.24, 2.45) is 0 Å². The van der Waals surface area contributed by atoms with Gasteiger partial charge in [-0.2, -0.15) is 0 Å². The number of carbonyl (C=O) groups excluding carboxylic acids is 1. The van der Waals surface area contributed by atoms with Crippen LogP contribution in [0.3, 0.4) is 0 Å². The molecule has 1 aromatic heterocycles. The SMILES string of the molecule is CN(C)c1cc(C(=O)Nc2cc(Cl)ccc2O)cc(Cl)n1. The lowest BCUT2D eigenvalue weighted by atomic mass is 10.2. The highest BCUT2D eigenvalue weighted by Gasteiger charge is 2.12. The smallest absolute Gasteiger partial charge is 0.256 e. The van der Waals surface area contributed by atoms with Crippen molar-refractivity contribution in [2.75, 3.05) is 24.3 Å². The molecule has 110 valence electrons. The molecule has 0 saturated carbocycles. The van der Waals surface area contributed by atoms with Crippen molar-refractivity contribution in [1.82, 2.24) is 4.98 Å². The van der Waals surface area contributed by atoms with Crippen LogP contribution < -0.4 is 10.2 Å². The summed E-state index contributed by atoms with van der Waals surface area (Å²) in [5.74, 6) is 0.0728. The second-order valence-electron chi connectivity index (χ2n) is 4.55. The zero-order chi connectivity index (χ0) is 15.6. The van der Waals surface area contributed by atoms with Gasteiger partial charge < -0.3 is 15.3 Å². The van der Waals surface area contributed by atoms with E-state index in [1.165, 1.54) is 24.3 Å². The van der Waals surface area contributed by atoms with E-state index in [0.717, 1.165) is 0 Å². The van der Waals surface area contributed by atoms with E-state index in [2.05, 4.69) is 10.3 Å². The molecule has 0 aliphatic carbocycles. The molecule has 0 fully saturated rings. The lowest BCUT2D eigenvalue weighted by Gasteiger charge is -2.13. The number of aromatic hydroxyl groups is 1. The first-order chi connectivity index (χ1) is 9.86. The molecule has 0 unspecified atom stereocenters. The Morgan fingerprint density at radius 1 is 1.24 bits per heavy atom. The number of hydrogen-bond acceptors (Lipinski definition) is 4. The van der Waals surface area contributed by atoms with E-state index >= 15 is 0 Å². The highest BCUT2D eigenvalue weighted by Crippen LogP contribution is 2.27. The first kappa shape index (κ1) is 15.4. The Morgan fingerprint density at radius 3 is 2.62 bits per heavy atom. The molecule has 0 saturated heterocycles.